The summed E-state index contributed by atoms with van der Waals surface area (Å²) in [5.41, 5.74) is -0.803. The first-order valence-electron chi connectivity index (χ1n) is 6.56. The zero-order chi connectivity index (χ0) is 12.9. The molecule has 0 aromatic carbocycles. The molecule has 3 heteroatoms. The minimum absolute atomic E-state index is 0.173. The summed E-state index contributed by atoms with van der Waals surface area (Å²) in [6.45, 7) is 8.61. The van der Waals surface area contributed by atoms with E-state index in [-0.39, 0.29) is 17.0 Å². The van der Waals surface area contributed by atoms with E-state index in [1.54, 1.807) is 0 Å². The number of carbonyl (C=O) groups is 1. The van der Waals surface area contributed by atoms with Crippen molar-refractivity contribution in [3.8, 4) is 0 Å². The van der Waals surface area contributed by atoms with Crippen molar-refractivity contribution in [3.05, 3.63) is 0 Å². The van der Waals surface area contributed by atoms with Crippen molar-refractivity contribution in [3.63, 3.8) is 0 Å². The summed E-state index contributed by atoms with van der Waals surface area (Å²) in [5.74, 6) is 0.224. The average Bonchev–Trinajstić information content (AvgIpc) is 2.83. The topological polar surface area (TPSA) is 38.8 Å². The van der Waals surface area contributed by atoms with Crippen LogP contribution in [0.15, 0.2) is 0 Å². The van der Waals surface area contributed by atoms with E-state index in [4.69, 9.17) is 9.47 Å². The van der Waals surface area contributed by atoms with Crippen LogP contribution in [-0.2, 0) is 14.3 Å². The number of rotatable bonds is 1. The van der Waals surface area contributed by atoms with Gasteiger partial charge in [0.25, 0.3) is 0 Å². The molecule has 2 rings (SSSR count). The Morgan fingerprint density at radius 2 is 2.00 bits per heavy atom. The van der Waals surface area contributed by atoms with Gasteiger partial charge in [-0.2, -0.15) is 0 Å². The largest absolute Gasteiger partial charge is 0.467 e. The summed E-state index contributed by atoms with van der Waals surface area (Å²) in [4.78, 5) is 11.9. The highest BCUT2D eigenvalue weighted by atomic mass is 16.7. The first-order valence-corrected chi connectivity index (χ1v) is 6.56. The Morgan fingerprint density at radius 3 is 2.53 bits per heavy atom. The second-order valence-corrected chi connectivity index (χ2v) is 6.68. The van der Waals surface area contributed by atoms with E-state index >= 15 is 0 Å². The summed E-state index contributed by atoms with van der Waals surface area (Å²) < 4.78 is 10.9. The Kier molecular flexibility index (Phi) is 2.81. The van der Waals surface area contributed by atoms with E-state index in [1.165, 1.54) is 13.5 Å². The van der Waals surface area contributed by atoms with Gasteiger partial charge in [-0.3, -0.25) is 0 Å². The van der Waals surface area contributed by atoms with Crippen molar-refractivity contribution < 1.29 is 14.3 Å². The van der Waals surface area contributed by atoms with Crippen LogP contribution >= 0.6 is 0 Å². The van der Waals surface area contributed by atoms with Crippen LogP contribution in [0.4, 0.5) is 0 Å². The molecule has 1 spiro atoms. The van der Waals surface area contributed by atoms with Gasteiger partial charge in [0, 0.05) is 0 Å². The van der Waals surface area contributed by atoms with Crippen molar-refractivity contribution in [1.29, 1.82) is 0 Å². The minimum Gasteiger partial charge on any atom is -0.467 e. The van der Waals surface area contributed by atoms with Gasteiger partial charge in [0.2, 0.25) is 0 Å². The molecule has 17 heavy (non-hydrogen) atoms. The number of hydrogen-bond donors (Lipinski definition) is 0. The van der Waals surface area contributed by atoms with E-state index < -0.39 is 5.60 Å². The first-order chi connectivity index (χ1) is 7.78. The monoisotopic (exact) mass is 240 g/mol. The molecular weight excluding hydrogens is 216 g/mol. The SMILES string of the molecule is COC(=O)C1(C)OC12CCCCC2C(C)(C)C. The lowest BCUT2D eigenvalue weighted by Gasteiger charge is -2.40. The van der Waals surface area contributed by atoms with Gasteiger partial charge in [0.05, 0.1) is 7.11 Å². The Bertz CT molecular complexity index is 331. The number of ether oxygens (including phenoxy) is 2. The molecule has 0 amide bonds. The standard InChI is InChI=1S/C14H24O3/c1-12(2,3)10-8-6-7-9-14(10)13(4,17-14)11(15)16-5/h10H,6-9H2,1-5H3. The van der Waals surface area contributed by atoms with Gasteiger partial charge < -0.3 is 9.47 Å². The lowest BCUT2D eigenvalue weighted by atomic mass is 9.62. The zero-order valence-electron chi connectivity index (χ0n) is 11.6. The second-order valence-electron chi connectivity index (χ2n) is 6.68. The lowest BCUT2D eigenvalue weighted by Crippen LogP contribution is -2.45. The number of epoxide rings is 1. The lowest BCUT2D eigenvalue weighted by molar-refractivity contribution is -0.146. The van der Waals surface area contributed by atoms with Crippen molar-refractivity contribution in [2.75, 3.05) is 7.11 Å². The van der Waals surface area contributed by atoms with Crippen LogP contribution in [0.1, 0.15) is 53.4 Å². The molecule has 1 aliphatic carbocycles. The molecular formula is C14H24O3. The molecule has 0 radical (unpaired) electrons. The Labute approximate surface area is 104 Å². The Morgan fingerprint density at radius 1 is 1.35 bits per heavy atom. The van der Waals surface area contributed by atoms with Gasteiger partial charge in [-0.1, -0.05) is 33.6 Å². The third kappa shape index (κ3) is 1.70. The van der Waals surface area contributed by atoms with Crippen LogP contribution in [0.5, 0.6) is 0 Å². The Balaban J connectivity index is 2.28. The van der Waals surface area contributed by atoms with Crippen LogP contribution in [0, 0.1) is 11.3 Å². The van der Waals surface area contributed by atoms with Gasteiger partial charge in [0.1, 0.15) is 5.60 Å². The van der Waals surface area contributed by atoms with Gasteiger partial charge in [-0.25, -0.2) is 4.79 Å². The molecule has 2 fully saturated rings. The number of esters is 1. The van der Waals surface area contributed by atoms with E-state index in [2.05, 4.69) is 20.8 Å². The van der Waals surface area contributed by atoms with Gasteiger partial charge in [-0.15, -0.1) is 0 Å². The molecule has 0 aromatic rings. The Hall–Kier alpha value is -0.570. The summed E-state index contributed by atoms with van der Waals surface area (Å²) >= 11 is 0. The molecule has 0 bridgehead atoms. The van der Waals surface area contributed by atoms with Crippen molar-refractivity contribution in [2.45, 2.75) is 64.6 Å². The van der Waals surface area contributed by atoms with Gasteiger partial charge >= 0.3 is 5.97 Å². The van der Waals surface area contributed by atoms with Gasteiger partial charge in [0.15, 0.2) is 5.60 Å². The highest BCUT2D eigenvalue weighted by Crippen LogP contribution is 2.63. The number of hydrogen-bond acceptors (Lipinski definition) is 3. The maximum absolute atomic E-state index is 11.9. The molecule has 3 nitrogen and oxygen atoms in total. The number of methoxy groups -OCH3 is 1. The maximum Gasteiger partial charge on any atom is 0.340 e. The zero-order valence-corrected chi connectivity index (χ0v) is 11.6. The third-order valence-electron chi connectivity index (χ3n) is 4.63. The molecule has 1 heterocycles. The summed E-state index contributed by atoms with van der Waals surface area (Å²) in [6, 6.07) is 0. The second kappa shape index (κ2) is 3.71. The molecule has 1 saturated carbocycles. The fraction of sp³-hybridized carbons (Fsp3) is 0.929. The van der Waals surface area contributed by atoms with Crippen LogP contribution in [0.3, 0.4) is 0 Å². The summed E-state index contributed by atoms with van der Waals surface area (Å²) in [6.07, 6.45) is 4.53. The summed E-state index contributed by atoms with van der Waals surface area (Å²) in [5, 5.41) is 0. The van der Waals surface area contributed by atoms with Crippen LogP contribution in [0.25, 0.3) is 0 Å². The molecule has 98 valence electrons. The van der Waals surface area contributed by atoms with Crippen LogP contribution in [0.2, 0.25) is 0 Å². The average molecular weight is 240 g/mol. The fourth-order valence-corrected chi connectivity index (χ4v) is 3.72. The predicted octanol–water partition coefficient (Wildman–Crippen LogP) is 2.92. The molecule has 1 aliphatic heterocycles. The van der Waals surface area contributed by atoms with Crippen LogP contribution < -0.4 is 0 Å². The van der Waals surface area contributed by atoms with Crippen molar-refractivity contribution >= 4 is 5.97 Å². The molecule has 2 aliphatic rings. The minimum atomic E-state index is -0.708. The van der Waals surface area contributed by atoms with E-state index in [1.807, 2.05) is 6.92 Å². The first kappa shape index (κ1) is 12.9. The molecule has 0 aromatic heterocycles. The normalized spacial score (nSPS) is 41.4. The smallest absolute Gasteiger partial charge is 0.340 e. The molecule has 3 unspecified atom stereocenters. The molecule has 1 saturated heterocycles. The highest BCUT2D eigenvalue weighted by molar-refractivity contribution is 5.84. The third-order valence-corrected chi connectivity index (χ3v) is 4.63. The van der Waals surface area contributed by atoms with Crippen molar-refractivity contribution in [1.82, 2.24) is 0 Å². The maximum atomic E-state index is 11.9. The fourth-order valence-electron chi connectivity index (χ4n) is 3.72. The van der Waals surface area contributed by atoms with Crippen LogP contribution in [-0.4, -0.2) is 24.3 Å². The predicted molar refractivity (Wildman–Crippen MR) is 65.7 cm³/mol. The highest BCUT2D eigenvalue weighted by Gasteiger charge is 2.76. The van der Waals surface area contributed by atoms with E-state index in [9.17, 15) is 4.79 Å². The molecule has 3 atom stereocenters. The summed E-state index contributed by atoms with van der Waals surface area (Å²) in [7, 11) is 1.44. The number of carbonyl (C=O) groups excluding carboxylic acids is 1. The van der Waals surface area contributed by atoms with E-state index in [0.29, 0.717) is 5.92 Å². The van der Waals surface area contributed by atoms with Crippen molar-refractivity contribution in [2.24, 2.45) is 11.3 Å². The quantitative estimate of drug-likeness (QED) is 0.522. The van der Waals surface area contributed by atoms with Gasteiger partial charge in [-0.05, 0) is 31.1 Å². The molecule has 0 N–H and O–H groups in total. The van der Waals surface area contributed by atoms with E-state index in [0.717, 1.165) is 19.3 Å².